The number of carbonyl (C=O) groups excluding carboxylic acids is 1. The Morgan fingerprint density at radius 2 is 2.03 bits per heavy atom. The van der Waals surface area contributed by atoms with Crippen LogP contribution in [0.2, 0.25) is 5.02 Å². The van der Waals surface area contributed by atoms with Crippen molar-refractivity contribution in [2.24, 2.45) is 0 Å². The van der Waals surface area contributed by atoms with Crippen LogP contribution in [0.25, 0.3) is 16.6 Å². The third-order valence-electron chi connectivity index (χ3n) is 5.77. The molecular weight excluding hydrogens is 521 g/mol. The van der Waals surface area contributed by atoms with Crippen LogP contribution in [-0.2, 0) is 17.8 Å². The van der Waals surface area contributed by atoms with E-state index in [1.165, 1.54) is 24.5 Å². The lowest BCUT2D eigenvalue weighted by Gasteiger charge is -2.12. The zero-order chi connectivity index (χ0) is 27.2. The summed E-state index contributed by atoms with van der Waals surface area (Å²) >= 11 is 6.46. The Morgan fingerprint density at radius 3 is 2.85 bits per heavy atom. The number of nitrogens with one attached hydrogen (secondary N) is 2. The molecule has 5 rings (SSSR count). The molecule has 3 aromatic carbocycles. The highest BCUT2D eigenvalue weighted by atomic mass is 35.5. The average molecular weight is 544 g/mol. The van der Waals surface area contributed by atoms with E-state index < -0.39 is 0 Å². The monoisotopic (exact) mass is 543 g/mol. The van der Waals surface area contributed by atoms with Crippen molar-refractivity contribution in [2.75, 3.05) is 11.9 Å². The Labute approximate surface area is 228 Å². The first kappa shape index (κ1) is 25.8. The highest BCUT2D eigenvalue weighted by molar-refractivity contribution is 6.32. The normalized spacial score (nSPS) is 10.8. The summed E-state index contributed by atoms with van der Waals surface area (Å²) in [6.45, 7) is 4.06. The van der Waals surface area contributed by atoms with Gasteiger partial charge in [-0.2, -0.15) is 0 Å². The van der Waals surface area contributed by atoms with Gasteiger partial charge in [0, 0.05) is 24.0 Å². The number of hydrogen-bond donors (Lipinski definition) is 2. The van der Waals surface area contributed by atoms with E-state index in [1.54, 1.807) is 35.1 Å². The highest BCUT2D eigenvalue weighted by Crippen LogP contribution is 2.31. The third kappa shape index (κ3) is 6.36. The van der Waals surface area contributed by atoms with Gasteiger partial charge in [-0.25, -0.2) is 19.0 Å². The van der Waals surface area contributed by atoms with Crippen molar-refractivity contribution in [3.8, 4) is 11.4 Å². The second-order valence-electron chi connectivity index (χ2n) is 8.51. The molecule has 0 bridgehead atoms. The van der Waals surface area contributed by atoms with Crippen molar-refractivity contribution >= 4 is 39.9 Å². The molecule has 0 atom stereocenters. The third-order valence-corrected chi connectivity index (χ3v) is 6.06. The highest BCUT2D eigenvalue weighted by Gasteiger charge is 2.10. The Kier molecular flexibility index (Phi) is 7.74. The summed E-state index contributed by atoms with van der Waals surface area (Å²) in [6, 6.07) is 17.2. The fourth-order valence-corrected chi connectivity index (χ4v) is 4.07. The van der Waals surface area contributed by atoms with E-state index in [2.05, 4.69) is 37.5 Å². The average Bonchev–Trinajstić information content (AvgIpc) is 3.41. The van der Waals surface area contributed by atoms with Crippen LogP contribution in [0, 0.1) is 5.82 Å². The summed E-state index contributed by atoms with van der Waals surface area (Å²) in [6.07, 6.45) is 5.05. The fraction of sp³-hybridized carbons (Fsp3) is 0.107. The molecule has 0 saturated heterocycles. The number of ether oxygens (including phenoxy) is 1. The van der Waals surface area contributed by atoms with Crippen LogP contribution in [0.3, 0.4) is 0 Å². The summed E-state index contributed by atoms with van der Waals surface area (Å²) in [5.74, 6) is 0.510. The second kappa shape index (κ2) is 11.7. The van der Waals surface area contributed by atoms with Crippen LogP contribution in [0.1, 0.15) is 11.3 Å². The van der Waals surface area contributed by atoms with Gasteiger partial charge in [-0.3, -0.25) is 4.79 Å². The number of anilines is 2. The molecule has 2 aromatic heterocycles. The number of benzene rings is 3. The quantitative estimate of drug-likeness (QED) is 0.234. The van der Waals surface area contributed by atoms with Crippen molar-refractivity contribution in [2.45, 2.75) is 13.0 Å². The van der Waals surface area contributed by atoms with Gasteiger partial charge >= 0.3 is 0 Å². The number of aromatic nitrogens is 5. The molecule has 0 radical (unpaired) electrons. The molecule has 1 amide bonds. The van der Waals surface area contributed by atoms with Crippen molar-refractivity contribution in [3.63, 3.8) is 0 Å². The maximum Gasteiger partial charge on any atom is 0.243 e. The molecule has 5 aromatic rings. The van der Waals surface area contributed by atoms with Crippen LogP contribution < -0.4 is 15.4 Å². The van der Waals surface area contributed by atoms with Crippen LogP contribution in [-0.4, -0.2) is 37.4 Å². The van der Waals surface area contributed by atoms with Gasteiger partial charge in [0.15, 0.2) is 0 Å². The van der Waals surface area contributed by atoms with Gasteiger partial charge in [-0.15, -0.1) is 5.10 Å². The molecule has 196 valence electrons. The molecule has 11 heteroatoms. The van der Waals surface area contributed by atoms with E-state index in [0.29, 0.717) is 40.8 Å². The van der Waals surface area contributed by atoms with E-state index in [-0.39, 0.29) is 18.3 Å². The lowest BCUT2D eigenvalue weighted by molar-refractivity contribution is -0.116. The molecule has 0 unspecified atom stereocenters. The minimum absolute atomic E-state index is 0.192. The standard InChI is InChI=1S/C28H23ClFN7O2/c1-2-27(38)31-11-10-21-15-37(36-35-21)22-7-8-25-23(14-22)28(33-17-32-25)34-20-6-9-26(24(29)13-20)39-16-18-4-3-5-19(30)12-18/h2-9,12-15,17H,1,10-11,16H2,(H,31,38)(H,32,33,34). The minimum Gasteiger partial charge on any atom is -0.487 e. The number of halogens is 2. The summed E-state index contributed by atoms with van der Waals surface area (Å²) in [5, 5.41) is 15.6. The lowest BCUT2D eigenvalue weighted by atomic mass is 10.2. The second-order valence-corrected chi connectivity index (χ2v) is 8.92. The first-order valence-electron chi connectivity index (χ1n) is 12.0. The predicted octanol–water partition coefficient (Wildman–Crippen LogP) is 5.17. The van der Waals surface area contributed by atoms with Crippen molar-refractivity contribution < 1.29 is 13.9 Å². The molecule has 0 aliphatic rings. The zero-order valence-electron chi connectivity index (χ0n) is 20.6. The van der Waals surface area contributed by atoms with Crippen molar-refractivity contribution in [3.05, 3.63) is 108 Å². The first-order valence-corrected chi connectivity index (χ1v) is 12.4. The van der Waals surface area contributed by atoms with Gasteiger partial charge in [0.25, 0.3) is 0 Å². The summed E-state index contributed by atoms with van der Waals surface area (Å²) in [4.78, 5) is 20.1. The Balaban J connectivity index is 1.31. The number of nitrogens with zero attached hydrogens (tertiary/aromatic N) is 5. The Bertz CT molecular complexity index is 1660. The van der Waals surface area contributed by atoms with Gasteiger partial charge in [0.05, 0.1) is 28.1 Å². The van der Waals surface area contributed by atoms with Crippen LogP contribution in [0.15, 0.2) is 85.8 Å². The van der Waals surface area contributed by atoms with Gasteiger partial charge in [0.2, 0.25) is 5.91 Å². The molecule has 0 spiro atoms. The molecule has 39 heavy (non-hydrogen) atoms. The Hall–Kier alpha value is -4.83. The van der Waals surface area contributed by atoms with Gasteiger partial charge < -0.3 is 15.4 Å². The maximum atomic E-state index is 13.4. The summed E-state index contributed by atoms with van der Waals surface area (Å²) < 4.78 is 20.8. The number of amides is 1. The maximum absolute atomic E-state index is 13.4. The molecule has 2 heterocycles. The molecule has 0 saturated carbocycles. The molecular formula is C28H23ClFN7O2. The molecule has 0 aliphatic carbocycles. The minimum atomic E-state index is -0.319. The van der Waals surface area contributed by atoms with Crippen LogP contribution in [0.5, 0.6) is 5.75 Å². The van der Waals surface area contributed by atoms with Gasteiger partial charge in [-0.05, 0) is 60.2 Å². The van der Waals surface area contributed by atoms with E-state index in [4.69, 9.17) is 16.3 Å². The topological polar surface area (TPSA) is 107 Å². The number of carbonyl (C=O) groups is 1. The molecule has 2 N–H and O–H groups in total. The number of hydrogen-bond acceptors (Lipinski definition) is 7. The van der Waals surface area contributed by atoms with E-state index in [9.17, 15) is 9.18 Å². The Morgan fingerprint density at radius 1 is 1.13 bits per heavy atom. The van der Waals surface area contributed by atoms with E-state index in [1.807, 2.05) is 24.3 Å². The summed E-state index contributed by atoms with van der Waals surface area (Å²) in [7, 11) is 0. The zero-order valence-corrected chi connectivity index (χ0v) is 21.4. The summed E-state index contributed by atoms with van der Waals surface area (Å²) in [5.41, 5.74) is 3.65. The SMILES string of the molecule is C=CC(=O)NCCc1cn(-c2ccc3ncnc(Nc4ccc(OCc5cccc(F)c5)c(Cl)c4)c3c2)nn1. The van der Waals surface area contributed by atoms with E-state index >= 15 is 0 Å². The smallest absolute Gasteiger partial charge is 0.243 e. The van der Waals surface area contributed by atoms with Crippen molar-refractivity contribution in [1.29, 1.82) is 0 Å². The van der Waals surface area contributed by atoms with Crippen LogP contribution in [0.4, 0.5) is 15.9 Å². The molecule has 9 nitrogen and oxygen atoms in total. The molecule has 0 fully saturated rings. The first-order chi connectivity index (χ1) is 19.0. The van der Waals surface area contributed by atoms with E-state index in [0.717, 1.165) is 22.3 Å². The fourth-order valence-electron chi connectivity index (χ4n) is 3.83. The largest absolute Gasteiger partial charge is 0.487 e. The van der Waals surface area contributed by atoms with Gasteiger partial charge in [0.1, 0.15) is 30.3 Å². The number of fused-ring (bicyclic) bond motifs is 1. The van der Waals surface area contributed by atoms with Crippen LogP contribution >= 0.6 is 11.6 Å². The number of rotatable bonds is 10. The lowest BCUT2D eigenvalue weighted by Crippen LogP contribution is -2.23. The van der Waals surface area contributed by atoms with Gasteiger partial charge in [-0.1, -0.05) is 35.5 Å². The van der Waals surface area contributed by atoms with Crippen molar-refractivity contribution in [1.82, 2.24) is 30.3 Å². The molecule has 0 aliphatic heterocycles. The predicted molar refractivity (Wildman–Crippen MR) is 147 cm³/mol.